The minimum atomic E-state index is -0.887. The van der Waals surface area contributed by atoms with Crippen LogP contribution < -0.4 is 5.32 Å². The maximum atomic E-state index is 12.8. The summed E-state index contributed by atoms with van der Waals surface area (Å²) in [6.45, 7) is 2.40. The lowest BCUT2D eigenvalue weighted by Crippen LogP contribution is -2.30. The minimum absolute atomic E-state index is 0.102. The number of carboxylic acid groups (broad SMARTS) is 1. The molecule has 0 bridgehead atoms. The third kappa shape index (κ3) is 3.56. The van der Waals surface area contributed by atoms with Crippen LogP contribution in [0.2, 0.25) is 0 Å². The molecule has 1 aromatic carbocycles. The molecule has 1 aliphatic rings. The van der Waals surface area contributed by atoms with E-state index < -0.39 is 11.9 Å². The third-order valence-corrected chi connectivity index (χ3v) is 5.24. The van der Waals surface area contributed by atoms with Gasteiger partial charge in [-0.2, -0.15) is 0 Å². The SMILES string of the molecule is C[C@@H]1CN(C(=O)c2ccccc2NC(=O)c2cccs2)C[C@H]1C(=O)O. The van der Waals surface area contributed by atoms with Crippen LogP contribution in [-0.4, -0.2) is 40.9 Å². The molecule has 1 saturated heterocycles. The van der Waals surface area contributed by atoms with Crippen LogP contribution in [0.4, 0.5) is 5.69 Å². The zero-order valence-corrected chi connectivity index (χ0v) is 14.5. The summed E-state index contributed by atoms with van der Waals surface area (Å²) in [7, 11) is 0. The average Bonchev–Trinajstić information content (AvgIpc) is 3.24. The zero-order chi connectivity index (χ0) is 18.0. The van der Waals surface area contributed by atoms with E-state index in [9.17, 15) is 19.5 Å². The lowest BCUT2D eigenvalue weighted by Gasteiger charge is -2.18. The Morgan fingerprint density at radius 2 is 1.92 bits per heavy atom. The monoisotopic (exact) mass is 358 g/mol. The molecule has 130 valence electrons. The van der Waals surface area contributed by atoms with Crippen LogP contribution in [0, 0.1) is 11.8 Å². The molecule has 0 aliphatic carbocycles. The minimum Gasteiger partial charge on any atom is -0.481 e. The second kappa shape index (κ2) is 7.06. The molecule has 2 atom stereocenters. The quantitative estimate of drug-likeness (QED) is 0.880. The Morgan fingerprint density at radius 1 is 1.16 bits per heavy atom. The van der Waals surface area contributed by atoms with E-state index in [1.165, 1.54) is 11.3 Å². The van der Waals surface area contributed by atoms with Gasteiger partial charge in [-0.15, -0.1) is 11.3 Å². The van der Waals surface area contributed by atoms with Crippen molar-refractivity contribution < 1.29 is 19.5 Å². The first-order valence-corrected chi connectivity index (χ1v) is 8.81. The van der Waals surface area contributed by atoms with E-state index in [1.807, 2.05) is 12.3 Å². The fourth-order valence-corrected chi connectivity index (χ4v) is 3.61. The number of likely N-dealkylation sites (tertiary alicyclic amines) is 1. The molecule has 2 amide bonds. The average molecular weight is 358 g/mol. The van der Waals surface area contributed by atoms with Gasteiger partial charge >= 0.3 is 5.97 Å². The van der Waals surface area contributed by atoms with Crippen LogP contribution in [0.1, 0.15) is 27.0 Å². The summed E-state index contributed by atoms with van der Waals surface area (Å²) in [5, 5.41) is 13.8. The topological polar surface area (TPSA) is 86.7 Å². The summed E-state index contributed by atoms with van der Waals surface area (Å²) in [6, 6.07) is 10.3. The standard InChI is InChI=1S/C18H18N2O4S/c1-11-9-20(10-13(11)18(23)24)17(22)12-5-2-3-6-14(12)19-16(21)15-7-4-8-25-15/h2-8,11,13H,9-10H2,1H3,(H,19,21)(H,23,24)/t11-,13-/m1/s1. The summed E-state index contributed by atoms with van der Waals surface area (Å²) in [4.78, 5) is 38.5. The van der Waals surface area contributed by atoms with Crippen molar-refractivity contribution in [3.63, 3.8) is 0 Å². The van der Waals surface area contributed by atoms with Crippen molar-refractivity contribution in [2.45, 2.75) is 6.92 Å². The van der Waals surface area contributed by atoms with Crippen LogP contribution in [0.5, 0.6) is 0 Å². The van der Waals surface area contributed by atoms with Gasteiger partial charge in [0.2, 0.25) is 0 Å². The molecule has 7 heteroatoms. The Labute approximate surface area is 149 Å². The van der Waals surface area contributed by atoms with Gasteiger partial charge in [0.15, 0.2) is 0 Å². The first-order chi connectivity index (χ1) is 12.0. The Morgan fingerprint density at radius 3 is 2.56 bits per heavy atom. The van der Waals surface area contributed by atoms with E-state index >= 15 is 0 Å². The van der Waals surface area contributed by atoms with Crippen LogP contribution in [0.15, 0.2) is 41.8 Å². The lowest BCUT2D eigenvalue weighted by molar-refractivity contribution is -0.142. The Kier molecular flexibility index (Phi) is 4.85. The zero-order valence-electron chi connectivity index (χ0n) is 13.6. The molecule has 0 spiro atoms. The van der Waals surface area contributed by atoms with Crippen molar-refractivity contribution in [1.82, 2.24) is 4.90 Å². The normalized spacial score (nSPS) is 19.6. The largest absolute Gasteiger partial charge is 0.481 e. The number of benzene rings is 1. The van der Waals surface area contributed by atoms with E-state index in [0.717, 1.165) is 0 Å². The van der Waals surface area contributed by atoms with Gasteiger partial charge < -0.3 is 15.3 Å². The predicted octanol–water partition coefficient (Wildman–Crippen LogP) is 2.79. The molecular formula is C18H18N2O4S. The number of nitrogens with zero attached hydrogens (tertiary/aromatic N) is 1. The highest BCUT2D eigenvalue weighted by molar-refractivity contribution is 7.12. The summed E-state index contributed by atoms with van der Waals surface area (Å²) in [6.07, 6.45) is 0. The highest BCUT2D eigenvalue weighted by Crippen LogP contribution is 2.27. The molecule has 0 unspecified atom stereocenters. The van der Waals surface area contributed by atoms with Gasteiger partial charge in [0.1, 0.15) is 0 Å². The van der Waals surface area contributed by atoms with Gasteiger partial charge in [0, 0.05) is 13.1 Å². The number of carbonyl (C=O) groups is 3. The van der Waals surface area contributed by atoms with Crippen molar-refractivity contribution in [3.8, 4) is 0 Å². The summed E-state index contributed by atoms with van der Waals surface area (Å²) in [5.41, 5.74) is 0.794. The molecule has 2 heterocycles. The molecule has 1 fully saturated rings. The van der Waals surface area contributed by atoms with E-state index in [-0.39, 0.29) is 24.3 Å². The number of nitrogens with one attached hydrogen (secondary N) is 1. The first-order valence-electron chi connectivity index (χ1n) is 7.93. The second-order valence-corrected chi connectivity index (χ2v) is 7.06. The van der Waals surface area contributed by atoms with Crippen molar-refractivity contribution in [3.05, 3.63) is 52.2 Å². The number of anilines is 1. The van der Waals surface area contributed by atoms with Gasteiger partial charge in [-0.05, 0) is 29.5 Å². The Hall–Kier alpha value is -2.67. The Balaban J connectivity index is 1.80. The molecule has 6 nitrogen and oxygen atoms in total. The number of thiophene rings is 1. The first kappa shape index (κ1) is 17.2. The molecule has 2 aromatic rings. The lowest BCUT2D eigenvalue weighted by atomic mass is 9.99. The molecule has 3 rings (SSSR count). The van der Waals surface area contributed by atoms with E-state index in [2.05, 4.69) is 5.32 Å². The molecule has 0 saturated carbocycles. The van der Waals surface area contributed by atoms with Crippen LogP contribution in [-0.2, 0) is 4.79 Å². The number of carboxylic acids is 1. The number of aliphatic carboxylic acids is 1. The van der Waals surface area contributed by atoms with Gasteiger partial charge in [0.25, 0.3) is 11.8 Å². The van der Waals surface area contributed by atoms with Crippen molar-refractivity contribution in [1.29, 1.82) is 0 Å². The number of para-hydroxylation sites is 1. The van der Waals surface area contributed by atoms with Crippen molar-refractivity contribution >= 4 is 34.8 Å². The third-order valence-electron chi connectivity index (χ3n) is 4.37. The van der Waals surface area contributed by atoms with Gasteiger partial charge in [0.05, 0.1) is 22.0 Å². The van der Waals surface area contributed by atoms with Gasteiger partial charge in [-0.25, -0.2) is 0 Å². The number of amides is 2. The fourth-order valence-electron chi connectivity index (χ4n) is 2.99. The second-order valence-electron chi connectivity index (χ2n) is 6.11. The van der Waals surface area contributed by atoms with E-state index in [0.29, 0.717) is 22.7 Å². The molecule has 0 radical (unpaired) electrons. The summed E-state index contributed by atoms with van der Waals surface area (Å²) < 4.78 is 0. The van der Waals surface area contributed by atoms with Crippen LogP contribution in [0.3, 0.4) is 0 Å². The van der Waals surface area contributed by atoms with E-state index in [4.69, 9.17) is 0 Å². The molecule has 2 N–H and O–H groups in total. The van der Waals surface area contributed by atoms with Crippen LogP contribution in [0.25, 0.3) is 0 Å². The predicted molar refractivity (Wildman–Crippen MR) is 94.9 cm³/mol. The molecule has 1 aliphatic heterocycles. The number of rotatable bonds is 4. The summed E-state index contributed by atoms with van der Waals surface area (Å²) in [5.74, 6) is -2.08. The maximum absolute atomic E-state index is 12.8. The highest BCUT2D eigenvalue weighted by atomic mass is 32.1. The van der Waals surface area contributed by atoms with E-state index in [1.54, 1.807) is 41.3 Å². The van der Waals surface area contributed by atoms with Crippen LogP contribution >= 0.6 is 11.3 Å². The molecule has 25 heavy (non-hydrogen) atoms. The molecule has 1 aromatic heterocycles. The van der Waals surface area contributed by atoms with Gasteiger partial charge in [-0.3, -0.25) is 14.4 Å². The maximum Gasteiger partial charge on any atom is 0.308 e. The number of hydrogen-bond acceptors (Lipinski definition) is 4. The van der Waals surface area contributed by atoms with Crippen molar-refractivity contribution in [2.24, 2.45) is 11.8 Å². The smallest absolute Gasteiger partial charge is 0.308 e. The highest BCUT2D eigenvalue weighted by Gasteiger charge is 2.37. The fraction of sp³-hybridized carbons (Fsp3) is 0.278. The summed E-state index contributed by atoms with van der Waals surface area (Å²) >= 11 is 1.32. The Bertz CT molecular complexity index is 803. The number of hydrogen-bond donors (Lipinski definition) is 2. The van der Waals surface area contributed by atoms with Crippen molar-refractivity contribution in [2.75, 3.05) is 18.4 Å². The molecular weight excluding hydrogens is 340 g/mol. The van der Waals surface area contributed by atoms with Gasteiger partial charge in [-0.1, -0.05) is 25.1 Å². The number of carbonyl (C=O) groups excluding carboxylic acids is 2.